The molecule has 6 nitrogen and oxygen atoms in total. The van der Waals surface area contributed by atoms with Crippen LogP contribution in [0.3, 0.4) is 0 Å². The number of amides is 1. The van der Waals surface area contributed by atoms with Crippen molar-refractivity contribution in [1.29, 1.82) is 0 Å². The minimum absolute atomic E-state index is 0.0424. The van der Waals surface area contributed by atoms with Crippen LogP contribution in [0, 0.1) is 11.3 Å². The Morgan fingerprint density at radius 1 is 1.59 bits per heavy atom. The molecule has 0 radical (unpaired) electrons. The van der Waals surface area contributed by atoms with Crippen molar-refractivity contribution in [2.45, 2.75) is 13.0 Å². The molecule has 0 unspecified atom stereocenters. The van der Waals surface area contributed by atoms with E-state index in [1.165, 1.54) is 10.6 Å². The summed E-state index contributed by atoms with van der Waals surface area (Å²) in [4.78, 5) is 13.4. The van der Waals surface area contributed by atoms with Crippen molar-refractivity contribution in [3.05, 3.63) is 22.4 Å². The van der Waals surface area contributed by atoms with E-state index in [4.69, 9.17) is 4.74 Å². The highest BCUT2D eigenvalue weighted by molar-refractivity contribution is 7.88. The lowest BCUT2D eigenvalue weighted by Gasteiger charge is -2.26. The van der Waals surface area contributed by atoms with Crippen LogP contribution in [0.1, 0.15) is 11.3 Å². The lowest BCUT2D eigenvalue weighted by Crippen LogP contribution is -2.38. The number of hydrogen-bond donors (Lipinski definition) is 1. The highest BCUT2D eigenvalue weighted by Crippen LogP contribution is 2.44. The van der Waals surface area contributed by atoms with Gasteiger partial charge in [0.1, 0.15) is 0 Å². The van der Waals surface area contributed by atoms with Gasteiger partial charge >= 0.3 is 0 Å². The van der Waals surface area contributed by atoms with Crippen LogP contribution < -0.4 is 5.32 Å². The highest BCUT2D eigenvalue weighted by atomic mass is 32.2. The van der Waals surface area contributed by atoms with Crippen molar-refractivity contribution in [2.75, 3.05) is 32.6 Å². The number of carbonyl (C=O) groups is 1. The van der Waals surface area contributed by atoms with E-state index in [-0.39, 0.29) is 17.2 Å². The number of carbonyl (C=O) groups excluding carboxylic acids is 1. The third kappa shape index (κ3) is 3.19. The Hall–Kier alpha value is -0.960. The second-order valence-corrected chi connectivity index (χ2v) is 9.18. The maximum atomic E-state index is 12.3. The molecule has 1 aromatic rings. The topological polar surface area (TPSA) is 75.7 Å². The monoisotopic (exact) mass is 344 g/mol. The van der Waals surface area contributed by atoms with Crippen molar-refractivity contribution in [1.82, 2.24) is 9.62 Å². The normalized spacial score (nSPS) is 28.7. The molecule has 0 aromatic carbocycles. The number of ether oxygens (including phenoxy) is 1. The summed E-state index contributed by atoms with van der Waals surface area (Å²) in [5.74, 6) is 0.0639. The average molecular weight is 344 g/mol. The van der Waals surface area contributed by atoms with E-state index < -0.39 is 10.0 Å². The summed E-state index contributed by atoms with van der Waals surface area (Å²) in [7, 11) is -3.22. The van der Waals surface area contributed by atoms with Gasteiger partial charge in [-0.3, -0.25) is 4.79 Å². The van der Waals surface area contributed by atoms with Gasteiger partial charge in [0.2, 0.25) is 15.9 Å². The van der Waals surface area contributed by atoms with Gasteiger partial charge in [-0.25, -0.2) is 12.7 Å². The molecule has 0 bridgehead atoms. The Labute approximate surface area is 134 Å². The lowest BCUT2D eigenvalue weighted by molar-refractivity contribution is -0.123. The predicted molar refractivity (Wildman–Crippen MR) is 83.9 cm³/mol. The first kappa shape index (κ1) is 15.9. The zero-order chi connectivity index (χ0) is 15.8. The van der Waals surface area contributed by atoms with Crippen LogP contribution in [-0.2, 0) is 26.1 Å². The van der Waals surface area contributed by atoms with Crippen LogP contribution in [0.15, 0.2) is 17.5 Å². The van der Waals surface area contributed by atoms with Crippen LogP contribution in [0.4, 0.5) is 0 Å². The number of fused-ring (bicyclic) bond motifs is 1. The summed E-state index contributed by atoms with van der Waals surface area (Å²) in [5, 5.41) is 4.90. The fourth-order valence-electron chi connectivity index (χ4n) is 3.27. The number of nitrogens with zero attached hydrogens (tertiary/aromatic N) is 1. The van der Waals surface area contributed by atoms with Crippen molar-refractivity contribution in [3.63, 3.8) is 0 Å². The van der Waals surface area contributed by atoms with Crippen LogP contribution in [0.2, 0.25) is 0 Å². The van der Waals surface area contributed by atoms with E-state index in [1.54, 1.807) is 11.3 Å². The fourth-order valence-corrected chi connectivity index (χ4v) is 4.85. The summed E-state index contributed by atoms with van der Waals surface area (Å²) in [5.41, 5.74) is -0.372. The van der Waals surface area contributed by atoms with Gasteiger partial charge in [0.15, 0.2) is 0 Å². The molecule has 1 N–H and O–H groups in total. The summed E-state index contributed by atoms with van der Waals surface area (Å²) < 4.78 is 30.5. The predicted octanol–water partition coefficient (Wildman–Crippen LogP) is 0.662. The fraction of sp³-hybridized carbons (Fsp3) is 0.643. The van der Waals surface area contributed by atoms with Gasteiger partial charge in [0.05, 0.1) is 26.0 Å². The molecule has 2 fully saturated rings. The molecule has 2 saturated heterocycles. The highest BCUT2D eigenvalue weighted by Gasteiger charge is 2.53. The smallest absolute Gasteiger partial charge is 0.221 e. The van der Waals surface area contributed by atoms with E-state index in [9.17, 15) is 13.2 Å². The minimum atomic E-state index is -3.22. The molecule has 0 spiro atoms. The molecular formula is C14H20N2O4S2. The molecule has 2 aliphatic rings. The van der Waals surface area contributed by atoms with Crippen molar-refractivity contribution in [3.8, 4) is 0 Å². The molecule has 122 valence electrons. The summed E-state index contributed by atoms with van der Waals surface area (Å²) >= 11 is 1.60. The van der Waals surface area contributed by atoms with Crippen molar-refractivity contribution >= 4 is 27.3 Å². The second-order valence-electron chi connectivity index (χ2n) is 6.16. The largest absolute Gasteiger partial charge is 0.380 e. The first-order valence-corrected chi connectivity index (χ1v) is 9.94. The van der Waals surface area contributed by atoms with E-state index in [2.05, 4.69) is 5.32 Å². The molecule has 0 saturated carbocycles. The van der Waals surface area contributed by atoms with Crippen LogP contribution in [0.5, 0.6) is 0 Å². The summed E-state index contributed by atoms with van der Waals surface area (Å²) in [6.45, 7) is 2.34. The first-order valence-electron chi connectivity index (χ1n) is 7.21. The molecule has 2 atom stereocenters. The summed E-state index contributed by atoms with van der Waals surface area (Å²) in [6.07, 6.45) is 1.54. The Bertz CT molecular complexity index is 644. The molecule has 1 aromatic heterocycles. The Morgan fingerprint density at radius 2 is 2.41 bits per heavy atom. The number of rotatable bonds is 5. The molecule has 3 heterocycles. The molecule has 8 heteroatoms. The standard InChI is InChI=1S/C14H20N2O4S2/c1-22(18,19)16-7-11-8-20-10-14(11,9-16)5-13(17)15-6-12-3-2-4-21-12/h2-4,11H,5-10H2,1H3,(H,15,17)/t11-,14+/m1/s1. The third-order valence-electron chi connectivity index (χ3n) is 4.51. The molecular weight excluding hydrogens is 324 g/mol. The Morgan fingerprint density at radius 3 is 3.09 bits per heavy atom. The van der Waals surface area contributed by atoms with E-state index in [0.29, 0.717) is 39.3 Å². The van der Waals surface area contributed by atoms with Gasteiger partial charge in [-0.1, -0.05) is 6.07 Å². The number of hydrogen-bond acceptors (Lipinski definition) is 5. The van der Waals surface area contributed by atoms with Gasteiger partial charge < -0.3 is 10.1 Å². The van der Waals surface area contributed by atoms with E-state index >= 15 is 0 Å². The van der Waals surface area contributed by atoms with Crippen LogP contribution >= 0.6 is 11.3 Å². The number of sulfonamides is 1. The first-order chi connectivity index (χ1) is 10.4. The van der Waals surface area contributed by atoms with Gasteiger partial charge in [-0.2, -0.15) is 0 Å². The molecule has 22 heavy (non-hydrogen) atoms. The maximum absolute atomic E-state index is 12.3. The quantitative estimate of drug-likeness (QED) is 0.851. The van der Waals surface area contributed by atoms with Gasteiger partial charge in [0, 0.05) is 35.7 Å². The Balaban J connectivity index is 1.63. The maximum Gasteiger partial charge on any atom is 0.221 e. The van der Waals surface area contributed by atoms with E-state index in [1.807, 2.05) is 17.5 Å². The van der Waals surface area contributed by atoms with E-state index in [0.717, 1.165) is 4.88 Å². The SMILES string of the molecule is CS(=O)(=O)N1C[C@@H]2COC[C@]2(CC(=O)NCc2cccs2)C1. The van der Waals surface area contributed by atoms with Gasteiger partial charge in [-0.15, -0.1) is 11.3 Å². The van der Waals surface area contributed by atoms with Gasteiger partial charge in [0.25, 0.3) is 0 Å². The zero-order valence-electron chi connectivity index (χ0n) is 12.4. The molecule has 1 amide bonds. The third-order valence-corrected chi connectivity index (χ3v) is 6.60. The molecule has 0 aliphatic carbocycles. The van der Waals surface area contributed by atoms with Crippen molar-refractivity contribution in [2.24, 2.45) is 11.3 Å². The van der Waals surface area contributed by atoms with Gasteiger partial charge in [-0.05, 0) is 11.4 Å². The molecule has 3 rings (SSSR count). The lowest BCUT2D eigenvalue weighted by atomic mass is 9.78. The zero-order valence-corrected chi connectivity index (χ0v) is 14.1. The van der Waals surface area contributed by atoms with Crippen molar-refractivity contribution < 1.29 is 17.9 Å². The summed E-state index contributed by atoms with van der Waals surface area (Å²) in [6, 6.07) is 3.93. The molecule has 2 aliphatic heterocycles. The number of thiophene rings is 1. The average Bonchev–Trinajstić information content (AvgIpc) is 3.09. The Kier molecular flexibility index (Phi) is 4.28. The van der Waals surface area contributed by atoms with Crippen LogP contribution in [-0.4, -0.2) is 51.2 Å². The number of nitrogens with one attached hydrogen (secondary N) is 1. The second kappa shape index (κ2) is 5.92. The van der Waals surface area contributed by atoms with Crippen LogP contribution in [0.25, 0.3) is 0 Å². The minimum Gasteiger partial charge on any atom is -0.380 e.